The molecule has 0 amide bonds. The fourth-order valence-corrected chi connectivity index (χ4v) is 4.16. The Balaban J connectivity index is 1.51. The summed E-state index contributed by atoms with van der Waals surface area (Å²) < 4.78 is 27.3. The number of esters is 1. The van der Waals surface area contributed by atoms with Gasteiger partial charge in [0.1, 0.15) is 13.2 Å². The van der Waals surface area contributed by atoms with Crippen LogP contribution in [0.2, 0.25) is 0 Å². The molecule has 0 atom stereocenters. The van der Waals surface area contributed by atoms with E-state index in [1.165, 1.54) is 23.8 Å². The van der Waals surface area contributed by atoms with E-state index in [9.17, 15) is 4.79 Å². The quantitative estimate of drug-likeness (QED) is 0.425. The molecule has 1 heterocycles. The van der Waals surface area contributed by atoms with Gasteiger partial charge < -0.3 is 23.7 Å². The third-order valence-electron chi connectivity index (χ3n) is 6.05. The zero-order valence-electron chi connectivity index (χ0n) is 19.9. The van der Waals surface area contributed by atoms with Crippen LogP contribution in [0, 0.1) is 0 Å². The standard InChI is InChI=1S/C28H30O6/c1-30-24-13-8-20(16-25(24)31-2)7-12-23-18-27-26(33-14-15-34-27)17-22(23)11-6-19-4-9-21(10-5-19)28(29)32-3/h4-5,8-10,13,16-18H,6-7,11-12,14-15H2,1-3H3. The maximum Gasteiger partial charge on any atom is 0.337 e. The second-order valence-corrected chi connectivity index (χ2v) is 8.14. The summed E-state index contributed by atoms with van der Waals surface area (Å²) in [6.07, 6.45) is 3.43. The number of methoxy groups -OCH3 is 3. The van der Waals surface area contributed by atoms with E-state index in [2.05, 4.69) is 18.2 Å². The molecule has 0 N–H and O–H groups in total. The van der Waals surface area contributed by atoms with Crippen molar-refractivity contribution < 1.29 is 28.5 Å². The van der Waals surface area contributed by atoms with Gasteiger partial charge in [-0.25, -0.2) is 4.79 Å². The van der Waals surface area contributed by atoms with E-state index in [-0.39, 0.29) is 5.97 Å². The Morgan fingerprint density at radius 3 is 1.82 bits per heavy atom. The van der Waals surface area contributed by atoms with Crippen molar-refractivity contribution in [1.29, 1.82) is 0 Å². The number of ether oxygens (including phenoxy) is 5. The number of hydrogen-bond acceptors (Lipinski definition) is 6. The molecule has 0 saturated heterocycles. The molecule has 6 heteroatoms. The van der Waals surface area contributed by atoms with Crippen LogP contribution in [0.3, 0.4) is 0 Å². The molecule has 0 radical (unpaired) electrons. The van der Waals surface area contributed by atoms with Crippen molar-refractivity contribution in [3.8, 4) is 23.0 Å². The molecule has 6 nitrogen and oxygen atoms in total. The largest absolute Gasteiger partial charge is 0.493 e. The van der Waals surface area contributed by atoms with Crippen LogP contribution in [-0.2, 0) is 30.4 Å². The summed E-state index contributed by atoms with van der Waals surface area (Å²) in [5, 5.41) is 0. The van der Waals surface area contributed by atoms with E-state index in [1.807, 2.05) is 36.4 Å². The Bertz CT molecular complexity index is 1140. The Hall–Kier alpha value is -3.67. The molecule has 4 rings (SSSR count). The number of benzene rings is 3. The fourth-order valence-electron chi connectivity index (χ4n) is 4.16. The normalized spacial score (nSPS) is 12.2. The van der Waals surface area contributed by atoms with Gasteiger partial charge in [-0.05, 0) is 84.3 Å². The summed E-state index contributed by atoms with van der Waals surface area (Å²) in [6, 6.07) is 17.8. The van der Waals surface area contributed by atoms with Crippen LogP contribution in [0.5, 0.6) is 23.0 Å². The van der Waals surface area contributed by atoms with Gasteiger partial charge in [0.15, 0.2) is 23.0 Å². The third-order valence-corrected chi connectivity index (χ3v) is 6.05. The van der Waals surface area contributed by atoms with E-state index in [4.69, 9.17) is 23.7 Å². The van der Waals surface area contributed by atoms with Gasteiger partial charge in [-0.15, -0.1) is 0 Å². The topological polar surface area (TPSA) is 63.2 Å². The van der Waals surface area contributed by atoms with Crippen LogP contribution in [0.1, 0.15) is 32.6 Å². The average Bonchev–Trinajstić information content (AvgIpc) is 2.90. The number of aryl methyl sites for hydroxylation is 4. The lowest BCUT2D eigenvalue weighted by Crippen LogP contribution is -2.16. The molecular weight excluding hydrogens is 432 g/mol. The summed E-state index contributed by atoms with van der Waals surface area (Å²) in [7, 11) is 4.68. The minimum Gasteiger partial charge on any atom is -0.493 e. The van der Waals surface area contributed by atoms with Gasteiger partial charge in [-0.3, -0.25) is 0 Å². The molecule has 1 aliphatic rings. The highest BCUT2D eigenvalue weighted by molar-refractivity contribution is 5.89. The molecule has 178 valence electrons. The zero-order chi connectivity index (χ0) is 23.9. The zero-order valence-corrected chi connectivity index (χ0v) is 19.9. The van der Waals surface area contributed by atoms with Crippen LogP contribution < -0.4 is 18.9 Å². The maximum absolute atomic E-state index is 11.7. The fraction of sp³-hybridized carbons (Fsp3) is 0.321. The van der Waals surface area contributed by atoms with Gasteiger partial charge in [0.05, 0.1) is 26.9 Å². The monoisotopic (exact) mass is 462 g/mol. The van der Waals surface area contributed by atoms with E-state index in [0.717, 1.165) is 54.2 Å². The van der Waals surface area contributed by atoms with Crippen molar-refractivity contribution in [3.05, 3.63) is 82.4 Å². The predicted molar refractivity (Wildman–Crippen MR) is 130 cm³/mol. The summed E-state index contributed by atoms with van der Waals surface area (Å²) in [5.74, 6) is 2.75. The smallest absolute Gasteiger partial charge is 0.337 e. The number of carbonyl (C=O) groups is 1. The SMILES string of the molecule is COC(=O)c1ccc(CCc2cc3c(cc2CCc2ccc(OC)c(OC)c2)OCCO3)cc1. The molecule has 0 fully saturated rings. The molecule has 1 aliphatic heterocycles. The molecular formula is C28H30O6. The molecule has 0 aromatic heterocycles. The highest BCUT2D eigenvalue weighted by Crippen LogP contribution is 2.35. The highest BCUT2D eigenvalue weighted by Gasteiger charge is 2.16. The van der Waals surface area contributed by atoms with Crippen molar-refractivity contribution >= 4 is 5.97 Å². The number of carbonyl (C=O) groups excluding carboxylic acids is 1. The van der Waals surface area contributed by atoms with Crippen LogP contribution in [-0.4, -0.2) is 40.5 Å². The van der Waals surface area contributed by atoms with E-state index in [0.29, 0.717) is 18.8 Å². The van der Waals surface area contributed by atoms with Gasteiger partial charge in [0.25, 0.3) is 0 Å². The number of hydrogen-bond donors (Lipinski definition) is 0. The Morgan fingerprint density at radius 1 is 0.706 bits per heavy atom. The molecule has 0 spiro atoms. The molecule has 3 aromatic carbocycles. The predicted octanol–water partition coefficient (Wildman–Crippen LogP) is 4.83. The summed E-state index contributed by atoms with van der Waals surface area (Å²) in [4.78, 5) is 11.7. The van der Waals surface area contributed by atoms with Crippen LogP contribution in [0.4, 0.5) is 0 Å². The summed E-state index contributed by atoms with van der Waals surface area (Å²) in [5.41, 5.74) is 5.37. The van der Waals surface area contributed by atoms with E-state index in [1.54, 1.807) is 14.2 Å². The lowest BCUT2D eigenvalue weighted by atomic mass is 9.94. The van der Waals surface area contributed by atoms with Gasteiger partial charge in [-0.1, -0.05) is 18.2 Å². The number of rotatable bonds is 9. The first-order chi connectivity index (χ1) is 16.6. The minimum absolute atomic E-state index is 0.323. The van der Waals surface area contributed by atoms with Crippen molar-refractivity contribution in [2.75, 3.05) is 34.5 Å². The average molecular weight is 463 g/mol. The van der Waals surface area contributed by atoms with Crippen molar-refractivity contribution in [2.45, 2.75) is 25.7 Å². The van der Waals surface area contributed by atoms with E-state index < -0.39 is 0 Å². The van der Waals surface area contributed by atoms with Crippen molar-refractivity contribution in [3.63, 3.8) is 0 Å². The molecule has 0 aliphatic carbocycles. The summed E-state index contributed by atoms with van der Waals surface area (Å²) in [6.45, 7) is 1.13. The van der Waals surface area contributed by atoms with Gasteiger partial charge in [-0.2, -0.15) is 0 Å². The van der Waals surface area contributed by atoms with Crippen molar-refractivity contribution in [2.24, 2.45) is 0 Å². The van der Waals surface area contributed by atoms with Crippen LogP contribution in [0.25, 0.3) is 0 Å². The Kier molecular flexibility index (Phi) is 7.58. The first-order valence-corrected chi connectivity index (χ1v) is 11.4. The lowest BCUT2D eigenvalue weighted by molar-refractivity contribution is 0.0600. The second-order valence-electron chi connectivity index (χ2n) is 8.14. The number of fused-ring (bicyclic) bond motifs is 1. The Labute approximate surface area is 200 Å². The van der Waals surface area contributed by atoms with Crippen molar-refractivity contribution in [1.82, 2.24) is 0 Å². The molecule has 0 bridgehead atoms. The van der Waals surface area contributed by atoms with Gasteiger partial charge >= 0.3 is 5.97 Å². The van der Waals surface area contributed by atoms with Gasteiger partial charge in [0.2, 0.25) is 0 Å². The highest BCUT2D eigenvalue weighted by atomic mass is 16.6. The van der Waals surface area contributed by atoms with Crippen LogP contribution >= 0.6 is 0 Å². The molecule has 34 heavy (non-hydrogen) atoms. The van der Waals surface area contributed by atoms with Gasteiger partial charge in [0, 0.05) is 0 Å². The summed E-state index contributed by atoms with van der Waals surface area (Å²) >= 11 is 0. The van der Waals surface area contributed by atoms with Crippen LogP contribution in [0.15, 0.2) is 54.6 Å². The van der Waals surface area contributed by atoms with E-state index >= 15 is 0 Å². The first kappa shape index (κ1) is 23.5. The molecule has 0 unspecified atom stereocenters. The maximum atomic E-state index is 11.7. The Morgan fingerprint density at radius 2 is 1.26 bits per heavy atom. The lowest BCUT2D eigenvalue weighted by Gasteiger charge is -2.21. The third kappa shape index (κ3) is 5.45. The second kappa shape index (κ2) is 11.0. The first-order valence-electron chi connectivity index (χ1n) is 11.4. The minimum atomic E-state index is -0.323. The molecule has 3 aromatic rings. The molecule has 0 saturated carbocycles.